The van der Waals surface area contributed by atoms with Crippen LogP contribution in [-0.2, 0) is 4.79 Å². The molecule has 3 rings (SSSR count). The quantitative estimate of drug-likeness (QED) is 0.542. The lowest BCUT2D eigenvalue weighted by Gasteiger charge is -2.32. The monoisotopic (exact) mass is 431 g/mol. The van der Waals surface area contributed by atoms with Crippen LogP contribution in [0.1, 0.15) is 5.56 Å². The van der Waals surface area contributed by atoms with Gasteiger partial charge in [-0.05, 0) is 33.2 Å². The van der Waals surface area contributed by atoms with Crippen LogP contribution in [0, 0.1) is 6.92 Å². The largest absolute Gasteiger partial charge is 0.491 e. The molecule has 2 unspecified atom stereocenters. The van der Waals surface area contributed by atoms with Gasteiger partial charge in [0.1, 0.15) is 18.5 Å². The number of carbonyl (C=O) groups is 2. The van der Waals surface area contributed by atoms with E-state index in [4.69, 9.17) is 4.74 Å². The highest BCUT2D eigenvalue weighted by molar-refractivity contribution is 6.22. The molecule has 1 saturated heterocycles. The fourth-order valence-electron chi connectivity index (χ4n) is 3.43. The Morgan fingerprint density at radius 2 is 1.90 bits per heavy atom. The van der Waals surface area contributed by atoms with E-state index < -0.39 is 18.2 Å². The number of hydrogen-bond acceptors (Lipinski definition) is 7. The predicted octanol–water partition coefficient (Wildman–Crippen LogP) is -0.441. The Morgan fingerprint density at radius 3 is 2.55 bits per heavy atom. The van der Waals surface area contributed by atoms with Gasteiger partial charge in [0.05, 0.1) is 13.1 Å². The summed E-state index contributed by atoms with van der Waals surface area (Å²) >= 11 is 0. The van der Waals surface area contributed by atoms with E-state index in [1.54, 1.807) is 11.6 Å². The maximum absolute atomic E-state index is 12.9. The van der Waals surface area contributed by atoms with E-state index in [9.17, 15) is 14.7 Å². The molecule has 10 nitrogen and oxygen atoms in total. The fourth-order valence-corrected chi connectivity index (χ4v) is 3.43. The first-order chi connectivity index (χ1) is 14.7. The second-order valence-corrected chi connectivity index (χ2v) is 8.10. The molecule has 2 atom stereocenters. The molecule has 2 N–H and O–H groups in total. The number of likely N-dealkylation sites (N-methyl/N-ethyl adjacent to an activating group) is 3. The first-order valence-corrected chi connectivity index (χ1v) is 10.2. The second kappa shape index (κ2) is 9.44. The van der Waals surface area contributed by atoms with Crippen LogP contribution in [-0.4, -0.2) is 115 Å². The number of imide groups is 1. The highest BCUT2D eigenvalue weighted by Crippen LogP contribution is 2.19. The number of rotatable bonds is 8. The minimum absolute atomic E-state index is 0.0609. The number of aliphatic hydroxyl groups is 1. The summed E-state index contributed by atoms with van der Waals surface area (Å²) in [6.07, 6.45) is -0.873. The number of carbonyl (C=O) groups excluding carboxylic acids is 2. The summed E-state index contributed by atoms with van der Waals surface area (Å²) < 4.78 is 7.40. The Bertz CT molecular complexity index is 896. The molecule has 0 spiro atoms. The van der Waals surface area contributed by atoms with E-state index >= 15 is 0 Å². The van der Waals surface area contributed by atoms with Gasteiger partial charge in [-0.2, -0.15) is 0 Å². The molecule has 1 aromatic rings. The number of urea groups is 1. The van der Waals surface area contributed by atoms with Gasteiger partial charge in [-0.25, -0.2) is 9.37 Å². The number of benzene rings is 1. The first kappa shape index (κ1) is 22.7. The third kappa shape index (κ3) is 5.02. The lowest BCUT2D eigenvalue weighted by Crippen LogP contribution is -2.62. The van der Waals surface area contributed by atoms with Gasteiger partial charge in [0.25, 0.3) is 5.91 Å². The van der Waals surface area contributed by atoms with E-state index in [-0.39, 0.29) is 19.1 Å². The molecule has 168 valence electrons. The highest BCUT2D eigenvalue weighted by atomic mass is 16.5. The second-order valence-electron chi connectivity index (χ2n) is 8.10. The Kier molecular flexibility index (Phi) is 6.91. The van der Waals surface area contributed by atoms with E-state index in [0.29, 0.717) is 24.1 Å². The van der Waals surface area contributed by atoms with Gasteiger partial charge in [-0.3, -0.25) is 19.9 Å². The molecule has 0 aromatic heterocycles. The van der Waals surface area contributed by atoms with Crippen molar-refractivity contribution in [1.29, 1.82) is 0 Å². The summed E-state index contributed by atoms with van der Waals surface area (Å²) in [4.78, 5) is 34.2. The number of guanidine groups is 1. The van der Waals surface area contributed by atoms with Crippen molar-refractivity contribution in [1.82, 2.24) is 20.0 Å². The molecule has 10 heteroatoms. The van der Waals surface area contributed by atoms with Gasteiger partial charge in [-0.15, -0.1) is 0 Å². The average molecular weight is 432 g/mol. The third-order valence-corrected chi connectivity index (χ3v) is 5.24. The number of amides is 3. The van der Waals surface area contributed by atoms with Crippen molar-refractivity contribution in [2.24, 2.45) is 4.99 Å². The molecule has 1 fully saturated rings. The SMILES string of the molecule is Cc1ccc(OCC(O)C[N+]2=C(NCCN(C)C)N=C3C2C(=O)N(C)C(=O)N3C)cc1. The van der Waals surface area contributed by atoms with Crippen molar-refractivity contribution in [2.45, 2.75) is 19.1 Å². The Labute approximate surface area is 182 Å². The smallest absolute Gasteiger partial charge is 0.390 e. The van der Waals surface area contributed by atoms with Crippen LogP contribution in [0.5, 0.6) is 5.75 Å². The van der Waals surface area contributed by atoms with Crippen LogP contribution in [0.15, 0.2) is 29.3 Å². The van der Waals surface area contributed by atoms with Crippen molar-refractivity contribution in [2.75, 3.05) is 54.4 Å². The number of hydrogen-bond donors (Lipinski definition) is 2. The van der Waals surface area contributed by atoms with Gasteiger partial charge in [0.2, 0.25) is 11.9 Å². The molecule has 1 aromatic carbocycles. The molecule has 2 heterocycles. The van der Waals surface area contributed by atoms with Crippen LogP contribution in [0.3, 0.4) is 0 Å². The van der Waals surface area contributed by atoms with Crippen LogP contribution in [0.4, 0.5) is 4.79 Å². The number of amidine groups is 1. The van der Waals surface area contributed by atoms with Gasteiger partial charge >= 0.3 is 12.0 Å². The molecule has 2 aliphatic rings. The molecule has 0 saturated carbocycles. The standard InChI is InChI=1S/C21H30N6O4/c1-14-6-8-16(9-7-14)31-13-15(28)12-27-17-18(23-20(27)22-10-11-24(2)3)25(4)21(30)26(5)19(17)29/h6-9,15,17,28H,10-13H2,1-5H3/p+1. The third-order valence-electron chi connectivity index (χ3n) is 5.24. The van der Waals surface area contributed by atoms with E-state index in [2.05, 4.69) is 10.3 Å². The van der Waals surface area contributed by atoms with E-state index in [1.807, 2.05) is 50.2 Å². The molecular weight excluding hydrogens is 400 g/mol. The Balaban J connectivity index is 1.76. The number of nitrogens with one attached hydrogen (secondary N) is 1. The van der Waals surface area contributed by atoms with Crippen molar-refractivity contribution in [3.8, 4) is 5.75 Å². The van der Waals surface area contributed by atoms with Crippen LogP contribution in [0.2, 0.25) is 0 Å². The summed E-state index contributed by atoms with van der Waals surface area (Å²) in [7, 11) is 6.96. The Morgan fingerprint density at radius 1 is 1.23 bits per heavy atom. The first-order valence-electron chi connectivity index (χ1n) is 10.2. The highest BCUT2D eigenvalue weighted by Gasteiger charge is 2.51. The summed E-state index contributed by atoms with van der Waals surface area (Å²) in [5, 5.41) is 13.9. The van der Waals surface area contributed by atoms with Crippen LogP contribution >= 0.6 is 0 Å². The average Bonchev–Trinajstić information content (AvgIpc) is 3.08. The minimum Gasteiger partial charge on any atom is -0.491 e. The molecule has 0 bridgehead atoms. The lowest BCUT2D eigenvalue weighted by atomic mass is 10.1. The lowest BCUT2D eigenvalue weighted by molar-refractivity contribution is -0.545. The fraction of sp³-hybridized carbons (Fsp3) is 0.524. The van der Waals surface area contributed by atoms with Gasteiger partial charge in [0.15, 0.2) is 0 Å². The van der Waals surface area contributed by atoms with Crippen LogP contribution < -0.4 is 10.1 Å². The number of nitrogens with zero attached hydrogens (tertiary/aromatic N) is 5. The maximum atomic E-state index is 12.9. The number of aliphatic hydroxyl groups excluding tert-OH is 1. The zero-order valence-corrected chi connectivity index (χ0v) is 18.7. The van der Waals surface area contributed by atoms with Gasteiger partial charge < -0.3 is 14.7 Å². The number of fused-ring (bicyclic) bond motifs is 1. The normalized spacial score (nSPS) is 19.7. The minimum atomic E-state index is -0.873. The summed E-state index contributed by atoms with van der Waals surface area (Å²) in [5.74, 6) is 1.10. The van der Waals surface area contributed by atoms with Crippen molar-refractivity contribution < 1.29 is 24.0 Å². The zero-order valence-electron chi connectivity index (χ0n) is 18.7. The zero-order chi connectivity index (χ0) is 22.7. The number of β-amino-alcohol motifs (C(OH)–C–C–N with tert-alkyl or cyclic N) is 1. The predicted molar refractivity (Wildman–Crippen MR) is 117 cm³/mol. The van der Waals surface area contributed by atoms with E-state index in [1.165, 1.54) is 11.9 Å². The molecule has 2 aliphatic heterocycles. The van der Waals surface area contributed by atoms with Gasteiger partial charge in [0, 0.05) is 20.6 Å². The van der Waals surface area contributed by atoms with E-state index in [0.717, 1.165) is 17.0 Å². The molecular formula is C21H31N6O4+. The van der Waals surface area contributed by atoms with Crippen molar-refractivity contribution in [3.63, 3.8) is 0 Å². The molecule has 0 radical (unpaired) electrons. The van der Waals surface area contributed by atoms with Crippen molar-refractivity contribution in [3.05, 3.63) is 29.8 Å². The Hall–Kier alpha value is -2.98. The molecule has 31 heavy (non-hydrogen) atoms. The van der Waals surface area contributed by atoms with Gasteiger partial charge in [-0.1, -0.05) is 22.7 Å². The summed E-state index contributed by atoms with van der Waals surface area (Å²) in [5.41, 5.74) is 1.12. The summed E-state index contributed by atoms with van der Waals surface area (Å²) in [6.45, 7) is 3.53. The number of ether oxygens (including phenoxy) is 1. The maximum Gasteiger partial charge on any atom is 0.390 e. The van der Waals surface area contributed by atoms with Crippen molar-refractivity contribution >= 4 is 23.7 Å². The number of aliphatic imine (C=N–C) groups is 1. The molecule has 0 aliphatic carbocycles. The molecule has 3 amide bonds. The summed E-state index contributed by atoms with van der Waals surface area (Å²) in [6, 6.07) is 6.36. The topological polar surface area (TPSA) is 101 Å². The van der Waals surface area contributed by atoms with Crippen LogP contribution in [0.25, 0.3) is 0 Å². The number of aryl methyl sites for hydroxylation is 1.